The molecule has 4 rings (SSSR count). The number of anilines is 1. The first-order valence-corrected chi connectivity index (χ1v) is 7.78. The van der Waals surface area contributed by atoms with E-state index in [2.05, 4.69) is 17.0 Å². The summed E-state index contributed by atoms with van der Waals surface area (Å²) in [6, 6.07) is 20.4. The number of nitrogens with zero attached hydrogens (tertiary/aromatic N) is 2. The van der Waals surface area contributed by atoms with Crippen LogP contribution in [-0.4, -0.2) is 18.1 Å². The van der Waals surface area contributed by atoms with Crippen molar-refractivity contribution in [1.82, 2.24) is 4.98 Å². The van der Waals surface area contributed by atoms with Gasteiger partial charge in [0.05, 0.1) is 0 Å². The third kappa shape index (κ3) is 2.39. The summed E-state index contributed by atoms with van der Waals surface area (Å²) < 4.78 is 6.15. The second-order valence-corrected chi connectivity index (χ2v) is 5.60. The van der Waals surface area contributed by atoms with Crippen LogP contribution in [0, 0.1) is 0 Å². The number of rotatable bonds is 3. The summed E-state index contributed by atoms with van der Waals surface area (Å²) in [5.41, 5.74) is 3.07. The minimum atomic E-state index is 0.696. The highest BCUT2D eigenvalue weighted by Crippen LogP contribution is 2.36. The summed E-state index contributed by atoms with van der Waals surface area (Å²) in [5, 5.41) is 0. The van der Waals surface area contributed by atoms with E-state index in [4.69, 9.17) is 9.40 Å². The van der Waals surface area contributed by atoms with Crippen molar-refractivity contribution in [1.29, 1.82) is 0 Å². The lowest BCUT2D eigenvalue weighted by molar-refractivity contribution is 0.564. The second-order valence-electron chi connectivity index (χ2n) is 5.60. The molecular weight excluding hydrogens is 272 g/mol. The fourth-order valence-corrected chi connectivity index (χ4v) is 2.93. The van der Waals surface area contributed by atoms with Crippen LogP contribution in [0.5, 0.6) is 0 Å². The summed E-state index contributed by atoms with van der Waals surface area (Å²) in [4.78, 5) is 7.09. The SMILES string of the molecule is c1ccc(-c2nc(-c3ccccc3)c(N3CCCC3)o2)cc1. The van der Waals surface area contributed by atoms with Gasteiger partial charge in [0.1, 0.15) is 5.69 Å². The average molecular weight is 290 g/mol. The molecule has 0 amide bonds. The Kier molecular flexibility index (Phi) is 3.39. The van der Waals surface area contributed by atoms with E-state index in [9.17, 15) is 0 Å². The molecule has 1 aliphatic heterocycles. The number of hydrogen-bond acceptors (Lipinski definition) is 3. The Balaban J connectivity index is 1.83. The van der Waals surface area contributed by atoms with Gasteiger partial charge in [0.2, 0.25) is 11.8 Å². The van der Waals surface area contributed by atoms with Gasteiger partial charge >= 0.3 is 0 Å². The molecule has 1 saturated heterocycles. The molecule has 3 heteroatoms. The maximum absolute atomic E-state index is 6.15. The molecule has 1 aromatic heterocycles. The van der Waals surface area contributed by atoms with E-state index in [0.29, 0.717) is 5.89 Å². The Morgan fingerprint density at radius 3 is 2.00 bits per heavy atom. The summed E-state index contributed by atoms with van der Waals surface area (Å²) in [6.45, 7) is 2.09. The molecular formula is C19H18N2O. The van der Waals surface area contributed by atoms with Crippen molar-refractivity contribution >= 4 is 5.88 Å². The van der Waals surface area contributed by atoms with Crippen molar-refractivity contribution in [3.63, 3.8) is 0 Å². The fraction of sp³-hybridized carbons (Fsp3) is 0.211. The molecule has 0 spiro atoms. The van der Waals surface area contributed by atoms with Crippen LogP contribution < -0.4 is 4.90 Å². The molecule has 0 unspecified atom stereocenters. The Labute approximate surface area is 130 Å². The number of hydrogen-bond donors (Lipinski definition) is 0. The smallest absolute Gasteiger partial charge is 0.229 e. The van der Waals surface area contributed by atoms with Crippen molar-refractivity contribution in [2.75, 3.05) is 18.0 Å². The number of aromatic nitrogens is 1. The molecule has 0 aliphatic carbocycles. The predicted molar refractivity (Wildman–Crippen MR) is 88.8 cm³/mol. The van der Waals surface area contributed by atoms with Crippen molar-refractivity contribution in [3.8, 4) is 22.7 Å². The van der Waals surface area contributed by atoms with E-state index >= 15 is 0 Å². The van der Waals surface area contributed by atoms with Gasteiger partial charge in [0, 0.05) is 24.2 Å². The molecule has 1 fully saturated rings. The Hall–Kier alpha value is -2.55. The summed E-state index contributed by atoms with van der Waals surface area (Å²) >= 11 is 0. The highest BCUT2D eigenvalue weighted by Gasteiger charge is 2.23. The van der Waals surface area contributed by atoms with Crippen molar-refractivity contribution in [3.05, 3.63) is 60.7 Å². The van der Waals surface area contributed by atoms with Gasteiger partial charge in [0.25, 0.3) is 0 Å². The van der Waals surface area contributed by atoms with Gasteiger partial charge in [-0.25, -0.2) is 4.98 Å². The Bertz CT molecular complexity index is 744. The minimum Gasteiger partial charge on any atom is -0.420 e. The van der Waals surface area contributed by atoms with Crippen LogP contribution in [-0.2, 0) is 0 Å². The first-order chi connectivity index (χ1) is 10.9. The molecule has 3 nitrogen and oxygen atoms in total. The van der Waals surface area contributed by atoms with Crippen LogP contribution in [0.3, 0.4) is 0 Å². The molecule has 0 N–H and O–H groups in total. The molecule has 0 bridgehead atoms. The van der Waals surface area contributed by atoms with Crippen LogP contribution in [0.15, 0.2) is 65.1 Å². The predicted octanol–water partition coefficient (Wildman–Crippen LogP) is 4.61. The average Bonchev–Trinajstić information content (AvgIpc) is 3.26. The first kappa shape index (κ1) is 13.1. The van der Waals surface area contributed by atoms with E-state index in [1.807, 2.05) is 48.5 Å². The standard InChI is InChI=1S/C19H18N2O/c1-3-9-15(10-4-1)17-19(21-13-7-8-14-21)22-18(20-17)16-11-5-2-6-12-16/h1-6,9-12H,7-8,13-14H2. The van der Waals surface area contributed by atoms with Gasteiger partial charge in [-0.05, 0) is 25.0 Å². The van der Waals surface area contributed by atoms with Gasteiger partial charge in [0.15, 0.2) is 0 Å². The van der Waals surface area contributed by atoms with Crippen LogP contribution in [0.25, 0.3) is 22.7 Å². The zero-order valence-electron chi connectivity index (χ0n) is 12.4. The normalized spacial score (nSPS) is 14.5. The summed E-state index contributed by atoms with van der Waals surface area (Å²) in [7, 11) is 0. The largest absolute Gasteiger partial charge is 0.420 e. The van der Waals surface area contributed by atoms with Gasteiger partial charge in [-0.3, -0.25) is 0 Å². The van der Waals surface area contributed by atoms with E-state index in [-0.39, 0.29) is 0 Å². The van der Waals surface area contributed by atoms with E-state index in [0.717, 1.165) is 35.8 Å². The molecule has 110 valence electrons. The molecule has 2 heterocycles. The van der Waals surface area contributed by atoms with E-state index in [1.54, 1.807) is 0 Å². The number of benzene rings is 2. The van der Waals surface area contributed by atoms with Gasteiger partial charge in [-0.15, -0.1) is 0 Å². The number of oxazole rings is 1. The highest BCUT2D eigenvalue weighted by molar-refractivity contribution is 5.74. The molecule has 0 atom stereocenters. The minimum absolute atomic E-state index is 0.696. The summed E-state index contributed by atoms with van der Waals surface area (Å²) in [5.74, 6) is 1.60. The zero-order chi connectivity index (χ0) is 14.8. The molecule has 3 aromatic rings. The third-order valence-electron chi connectivity index (χ3n) is 4.07. The van der Waals surface area contributed by atoms with Crippen LogP contribution >= 0.6 is 0 Å². The lowest BCUT2D eigenvalue weighted by Crippen LogP contribution is -2.17. The van der Waals surface area contributed by atoms with Crippen molar-refractivity contribution < 1.29 is 4.42 Å². The Morgan fingerprint density at radius 1 is 0.773 bits per heavy atom. The van der Waals surface area contributed by atoms with Gasteiger partial charge < -0.3 is 9.32 Å². The Morgan fingerprint density at radius 2 is 1.36 bits per heavy atom. The molecule has 2 aromatic carbocycles. The molecule has 0 saturated carbocycles. The first-order valence-electron chi connectivity index (χ1n) is 7.78. The quantitative estimate of drug-likeness (QED) is 0.705. The van der Waals surface area contributed by atoms with Gasteiger partial charge in [-0.1, -0.05) is 48.5 Å². The molecule has 1 aliphatic rings. The van der Waals surface area contributed by atoms with Crippen LogP contribution in [0.1, 0.15) is 12.8 Å². The fourth-order valence-electron chi connectivity index (χ4n) is 2.93. The summed E-state index contributed by atoms with van der Waals surface area (Å²) in [6.07, 6.45) is 2.44. The van der Waals surface area contributed by atoms with Crippen LogP contribution in [0.2, 0.25) is 0 Å². The highest BCUT2D eigenvalue weighted by atomic mass is 16.4. The lowest BCUT2D eigenvalue weighted by atomic mass is 10.1. The topological polar surface area (TPSA) is 29.3 Å². The van der Waals surface area contributed by atoms with E-state index in [1.165, 1.54) is 12.8 Å². The van der Waals surface area contributed by atoms with Crippen molar-refractivity contribution in [2.45, 2.75) is 12.8 Å². The molecule has 22 heavy (non-hydrogen) atoms. The second kappa shape index (κ2) is 5.68. The maximum Gasteiger partial charge on any atom is 0.229 e. The van der Waals surface area contributed by atoms with Crippen LogP contribution in [0.4, 0.5) is 5.88 Å². The van der Waals surface area contributed by atoms with E-state index < -0.39 is 0 Å². The zero-order valence-corrected chi connectivity index (χ0v) is 12.4. The maximum atomic E-state index is 6.15. The third-order valence-corrected chi connectivity index (χ3v) is 4.07. The van der Waals surface area contributed by atoms with Crippen molar-refractivity contribution in [2.24, 2.45) is 0 Å². The van der Waals surface area contributed by atoms with Gasteiger partial charge in [-0.2, -0.15) is 0 Å². The monoisotopic (exact) mass is 290 g/mol. The lowest BCUT2D eigenvalue weighted by Gasteiger charge is -2.14. The molecule has 0 radical (unpaired) electrons.